The van der Waals surface area contributed by atoms with Gasteiger partial charge in [0, 0.05) is 18.4 Å². The lowest BCUT2D eigenvalue weighted by Crippen LogP contribution is -2.13. The quantitative estimate of drug-likeness (QED) is 0.444. The van der Waals surface area contributed by atoms with Gasteiger partial charge < -0.3 is 10.1 Å². The summed E-state index contributed by atoms with van der Waals surface area (Å²) in [6.45, 7) is 5.25. The van der Waals surface area contributed by atoms with E-state index in [9.17, 15) is 14.4 Å². The number of esters is 1. The highest BCUT2D eigenvalue weighted by molar-refractivity contribution is 7.17. The minimum absolute atomic E-state index is 0.0442. The van der Waals surface area contributed by atoms with Crippen LogP contribution in [-0.4, -0.2) is 29.3 Å². The van der Waals surface area contributed by atoms with Crippen molar-refractivity contribution < 1.29 is 19.1 Å². The zero-order chi connectivity index (χ0) is 18.2. The molecule has 7 heteroatoms. The standard InChI is InChI=1S/C18H18N2O4S/c1-3-11-24-17(23)16-12(2)19-18(25-16)20-15(22)10-9-14(21)13-7-5-4-6-8-13/h3-8H,1,9-11H2,2H3,(H,19,20,22). The Hall–Kier alpha value is -2.80. The minimum Gasteiger partial charge on any atom is -0.457 e. The summed E-state index contributed by atoms with van der Waals surface area (Å²) in [5.74, 6) is -0.932. The largest absolute Gasteiger partial charge is 0.457 e. The van der Waals surface area contributed by atoms with Crippen LogP contribution in [-0.2, 0) is 9.53 Å². The SMILES string of the molecule is C=CCOC(=O)c1sc(NC(=O)CCC(=O)c2ccccc2)nc1C. The van der Waals surface area contributed by atoms with Crippen LogP contribution in [0.1, 0.15) is 38.6 Å². The molecule has 1 amide bonds. The van der Waals surface area contributed by atoms with Crippen molar-refractivity contribution in [2.75, 3.05) is 11.9 Å². The minimum atomic E-state index is -0.505. The number of carbonyl (C=O) groups excluding carboxylic acids is 3. The van der Waals surface area contributed by atoms with E-state index in [0.29, 0.717) is 21.3 Å². The summed E-state index contributed by atoms with van der Waals surface area (Å²) < 4.78 is 4.96. The molecule has 130 valence electrons. The Balaban J connectivity index is 1.89. The van der Waals surface area contributed by atoms with E-state index in [-0.39, 0.29) is 31.1 Å². The smallest absolute Gasteiger partial charge is 0.350 e. The molecule has 0 atom stereocenters. The molecule has 0 saturated carbocycles. The third kappa shape index (κ3) is 5.36. The number of nitrogens with zero attached hydrogens (tertiary/aromatic N) is 1. The second-order valence-electron chi connectivity index (χ2n) is 5.16. The van der Waals surface area contributed by atoms with Gasteiger partial charge in [0.15, 0.2) is 10.9 Å². The molecule has 0 aliphatic rings. The van der Waals surface area contributed by atoms with Crippen LogP contribution in [0.5, 0.6) is 0 Å². The van der Waals surface area contributed by atoms with Crippen molar-refractivity contribution >= 4 is 34.1 Å². The molecular weight excluding hydrogens is 340 g/mol. The van der Waals surface area contributed by atoms with Gasteiger partial charge in [-0.3, -0.25) is 9.59 Å². The van der Waals surface area contributed by atoms with Gasteiger partial charge in [-0.2, -0.15) is 0 Å². The molecule has 0 unspecified atom stereocenters. The van der Waals surface area contributed by atoms with Gasteiger partial charge in [-0.05, 0) is 6.92 Å². The summed E-state index contributed by atoms with van der Waals surface area (Å²) in [4.78, 5) is 40.3. The van der Waals surface area contributed by atoms with Crippen molar-refractivity contribution in [3.63, 3.8) is 0 Å². The number of hydrogen-bond acceptors (Lipinski definition) is 6. The number of thiazole rings is 1. The third-order valence-corrected chi connectivity index (χ3v) is 4.29. The van der Waals surface area contributed by atoms with E-state index in [4.69, 9.17) is 4.74 Å². The summed E-state index contributed by atoms with van der Waals surface area (Å²) in [6, 6.07) is 8.81. The molecule has 1 aromatic heterocycles. The molecule has 0 fully saturated rings. The number of ether oxygens (including phenoxy) is 1. The van der Waals surface area contributed by atoms with Crippen LogP contribution in [0.4, 0.5) is 5.13 Å². The molecule has 1 aromatic carbocycles. The molecule has 25 heavy (non-hydrogen) atoms. The zero-order valence-electron chi connectivity index (χ0n) is 13.8. The third-order valence-electron chi connectivity index (χ3n) is 3.24. The van der Waals surface area contributed by atoms with Gasteiger partial charge in [0.1, 0.15) is 11.5 Å². The fourth-order valence-corrected chi connectivity index (χ4v) is 2.89. The lowest BCUT2D eigenvalue weighted by Gasteiger charge is -2.02. The van der Waals surface area contributed by atoms with Gasteiger partial charge in [-0.1, -0.05) is 54.3 Å². The van der Waals surface area contributed by atoms with E-state index in [2.05, 4.69) is 16.9 Å². The van der Waals surface area contributed by atoms with Gasteiger partial charge in [-0.25, -0.2) is 9.78 Å². The molecule has 1 N–H and O–H groups in total. The summed E-state index contributed by atoms with van der Waals surface area (Å²) in [7, 11) is 0. The molecule has 0 aliphatic heterocycles. The number of anilines is 1. The predicted molar refractivity (Wildman–Crippen MR) is 96.0 cm³/mol. The molecule has 2 aromatic rings. The van der Waals surface area contributed by atoms with Crippen molar-refractivity contribution in [3.8, 4) is 0 Å². The normalized spacial score (nSPS) is 10.1. The van der Waals surface area contributed by atoms with E-state index in [1.54, 1.807) is 31.2 Å². The average Bonchev–Trinajstić information content (AvgIpc) is 2.98. The highest BCUT2D eigenvalue weighted by Crippen LogP contribution is 2.23. The Labute approximate surface area is 149 Å². The van der Waals surface area contributed by atoms with Crippen molar-refractivity contribution in [2.24, 2.45) is 0 Å². The number of hydrogen-bond donors (Lipinski definition) is 1. The number of amides is 1. The molecule has 0 spiro atoms. The Morgan fingerprint density at radius 1 is 1.24 bits per heavy atom. The highest BCUT2D eigenvalue weighted by atomic mass is 32.1. The van der Waals surface area contributed by atoms with Gasteiger partial charge in [-0.15, -0.1) is 0 Å². The van der Waals surface area contributed by atoms with Gasteiger partial charge >= 0.3 is 5.97 Å². The van der Waals surface area contributed by atoms with E-state index in [1.165, 1.54) is 6.08 Å². The topological polar surface area (TPSA) is 85.4 Å². The number of Topliss-reactive ketones (excluding diaryl/α,β-unsaturated/α-hetero) is 1. The first-order valence-electron chi connectivity index (χ1n) is 7.64. The van der Waals surface area contributed by atoms with E-state index < -0.39 is 5.97 Å². The number of carbonyl (C=O) groups is 3. The number of nitrogens with one attached hydrogen (secondary N) is 1. The van der Waals surface area contributed by atoms with Crippen molar-refractivity contribution in [2.45, 2.75) is 19.8 Å². The maximum atomic E-state index is 12.0. The molecule has 1 heterocycles. The molecule has 0 aliphatic carbocycles. The first kappa shape index (κ1) is 18.5. The number of aromatic nitrogens is 1. The first-order valence-corrected chi connectivity index (χ1v) is 8.46. The van der Waals surface area contributed by atoms with E-state index in [1.807, 2.05) is 6.07 Å². The second kappa shape index (κ2) is 8.89. The lowest BCUT2D eigenvalue weighted by atomic mass is 10.1. The van der Waals surface area contributed by atoms with Crippen LogP contribution in [0.25, 0.3) is 0 Å². The molecule has 0 radical (unpaired) electrons. The van der Waals surface area contributed by atoms with Crippen LogP contribution >= 0.6 is 11.3 Å². The maximum absolute atomic E-state index is 12.0. The van der Waals surface area contributed by atoms with Crippen LogP contribution in [0.15, 0.2) is 43.0 Å². The van der Waals surface area contributed by atoms with E-state index in [0.717, 1.165) is 11.3 Å². The Morgan fingerprint density at radius 3 is 2.64 bits per heavy atom. The molecular formula is C18H18N2O4S. The summed E-state index contributed by atoms with van der Waals surface area (Å²) in [5, 5.41) is 2.92. The van der Waals surface area contributed by atoms with E-state index >= 15 is 0 Å². The Kier molecular flexibility index (Phi) is 6.59. The average molecular weight is 358 g/mol. The fourth-order valence-electron chi connectivity index (χ4n) is 2.02. The first-order chi connectivity index (χ1) is 12.0. The van der Waals surface area contributed by atoms with Crippen LogP contribution in [0, 0.1) is 6.92 Å². The molecule has 2 rings (SSSR count). The monoisotopic (exact) mass is 358 g/mol. The molecule has 6 nitrogen and oxygen atoms in total. The predicted octanol–water partition coefficient (Wildman–Crippen LogP) is 3.40. The van der Waals surface area contributed by atoms with Crippen LogP contribution in [0.3, 0.4) is 0 Å². The summed E-state index contributed by atoms with van der Waals surface area (Å²) >= 11 is 1.04. The number of rotatable bonds is 8. The summed E-state index contributed by atoms with van der Waals surface area (Å²) in [5.41, 5.74) is 1.06. The Bertz CT molecular complexity index is 784. The molecule has 0 bridgehead atoms. The van der Waals surface area contributed by atoms with Crippen LogP contribution < -0.4 is 5.32 Å². The zero-order valence-corrected chi connectivity index (χ0v) is 14.6. The van der Waals surface area contributed by atoms with Crippen molar-refractivity contribution in [1.82, 2.24) is 4.98 Å². The van der Waals surface area contributed by atoms with Crippen molar-refractivity contribution in [1.29, 1.82) is 0 Å². The highest BCUT2D eigenvalue weighted by Gasteiger charge is 2.18. The van der Waals surface area contributed by atoms with Gasteiger partial charge in [0.25, 0.3) is 0 Å². The fraction of sp³-hybridized carbons (Fsp3) is 0.222. The number of aryl methyl sites for hydroxylation is 1. The van der Waals surface area contributed by atoms with Gasteiger partial charge in [0.05, 0.1) is 5.69 Å². The lowest BCUT2D eigenvalue weighted by molar-refractivity contribution is -0.116. The second-order valence-corrected chi connectivity index (χ2v) is 6.16. The molecule has 0 saturated heterocycles. The maximum Gasteiger partial charge on any atom is 0.350 e. The summed E-state index contributed by atoms with van der Waals surface area (Å²) in [6.07, 6.45) is 1.62. The van der Waals surface area contributed by atoms with Gasteiger partial charge in [0.2, 0.25) is 5.91 Å². The van der Waals surface area contributed by atoms with Crippen LogP contribution in [0.2, 0.25) is 0 Å². The number of ketones is 1. The van der Waals surface area contributed by atoms with Crippen molar-refractivity contribution in [3.05, 3.63) is 59.1 Å². The Morgan fingerprint density at radius 2 is 1.96 bits per heavy atom. The number of benzene rings is 1.